The molecule has 1 atom stereocenters. The van der Waals surface area contributed by atoms with E-state index in [4.69, 9.17) is 4.74 Å². The Hall–Kier alpha value is -1.16. The maximum absolute atomic E-state index is 11.0. The molecule has 1 saturated heterocycles. The molecular weight excluding hydrogens is 146 g/mol. The second-order valence-electron chi connectivity index (χ2n) is 2.57. The van der Waals surface area contributed by atoms with Gasteiger partial charge in [0.2, 0.25) is 5.78 Å². The Labute approximate surface area is 63.2 Å². The number of carbonyl (C=O) groups is 2. The van der Waals surface area contributed by atoms with E-state index in [1.165, 1.54) is 0 Å². The van der Waals surface area contributed by atoms with Crippen LogP contribution in [-0.2, 0) is 14.3 Å². The van der Waals surface area contributed by atoms with Crippen LogP contribution >= 0.6 is 0 Å². The van der Waals surface area contributed by atoms with Crippen molar-refractivity contribution in [1.82, 2.24) is 5.32 Å². The molecular formula is C7H7NO3. The number of ketones is 1. The van der Waals surface area contributed by atoms with Gasteiger partial charge in [0.1, 0.15) is 0 Å². The number of fused-ring (bicyclic) bond motifs is 1. The summed E-state index contributed by atoms with van der Waals surface area (Å²) in [4.78, 5) is 21.8. The molecule has 0 aromatic rings. The van der Waals surface area contributed by atoms with Crippen molar-refractivity contribution in [3.8, 4) is 0 Å². The summed E-state index contributed by atoms with van der Waals surface area (Å²) >= 11 is 0. The van der Waals surface area contributed by atoms with Gasteiger partial charge >= 0.3 is 0 Å². The third-order valence-electron chi connectivity index (χ3n) is 1.88. The molecule has 0 saturated carbocycles. The van der Waals surface area contributed by atoms with Crippen molar-refractivity contribution < 1.29 is 14.3 Å². The van der Waals surface area contributed by atoms with Crippen LogP contribution in [0.2, 0.25) is 0 Å². The lowest BCUT2D eigenvalue weighted by Gasteiger charge is -2.13. The Morgan fingerprint density at radius 3 is 3.09 bits per heavy atom. The molecule has 4 nitrogen and oxygen atoms in total. The highest BCUT2D eigenvalue weighted by Crippen LogP contribution is 2.20. The summed E-state index contributed by atoms with van der Waals surface area (Å²) in [7, 11) is 0. The van der Waals surface area contributed by atoms with Crippen LogP contribution in [0.15, 0.2) is 11.8 Å². The first-order chi connectivity index (χ1) is 5.29. The lowest BCUT2D eigenvalue weighted by Crippen LogP contribution is -2.22. The average molecular weight is 153 g/mol. The van der Waals surface area contributed by atoms with Crippen LogP contribution < -0.4 is 5.32 Å². The van der Waals surface area contributed by atoms with E-state index in [1.54, 1.807) is 6.08 Å². The highest BCUT2D eigenvalue weighted by molar-refractivity contribution is 6.40. The van der Waals surface area contributed by atoms with Crippen molar-refractivity contribution in [1.29, 1.82) is 0 Å². The monoisotopic (exact) mass is 153 g/mol. The van der Waals surface area contributed by atoms with Gasteiger partial charge in [0.25, 0.3) is 5.91 Å². The zero-order valence-electron chi connectivity index (χ0n) is 5.79. The number of amides is 1. The first-order valence-electron chi connectivity index (χ1n) is 3.42. The largest absolute Gasteiger partial charge is 0.376 e. The Balaban J connectivity index is 2.33. The number of carbonyl (C=O) groups excluding carboxylic acids is 2. The van der Waals surface area contributed by atoms with E-state index < -0.39 is 5.91 Å². The highest BCUT2D eigenvalue weighted by atomic mass is 16.5. The van der Waals surface area contributed by atoms with Crippen LogP contribution in [0.4, 0.5) is 0 Å². The van der Waals surface area contributed by atoms with E-state index in [1.807, 2.05) is 0 Å². The molecule has 0 aliphatic carbocycles. The molecule has 0 spiro atoms. The molecule has 4 heteroatoms. The second kappa shape index (κ2) is 2.17. The van der Waals surface area contributed by atoms with Crippen LogP contribution in [0, 0.1) is 5.92 Å². The molecule has 1 amide bonds. The number of hydrogen-bond acceptors (Lipinski definition) is 3. The first kappa shape index (κ1) is 6.54. The topological polar surface area (TPSA) is 55.4 Å². The van der Waals surface area contributed by atoms with Gasteiger partial charge in [0, 0.05) is 5.70 Å². The van der Waals surface area contributed by atoms with E-state index in [9.17, 15) is 9.59 Å². The summed E-state index contributed by atoms with van der Waals surface area (Å²) in [6.45, 7) is 0.822. The molecule has 11 heavy (non-hydrogen) atoms. The number of Topliss-reactive ketones (excluding diaryl/α,β-unsaturated/α-hetero) is 1. The summed E-state index contributed by atoms with van der Waals surface area (Å²) in [5.41, 5.74) is 0.714. The molecule has 1 N–H and O–H groups in total. The third-order valence-corrected chi connectivity index (χ3v) is 1.88. The van der Waals surface area contributed by atoms with E-state index in [0.717, 1.165) is 0 Å². The van der Waals surface area contributed by atoms with Gasteiger partial charge in [-0.1, -0.05) is 0 Å². The van der Waals surface area contributed by atoms with Crippen LogP contribution in [0.25, 0.3) is 0 Å². The van der Waals surface area contributed by atoms with E-state index in [0.29, 0.717) is 18.9 Å². The van der Waals surface area contributed by atoms with Crippen molar-refractivity contribution in [3.63, 3.8) is 0 Å². The minimum Gasteiger partial charge on any atom is -0.376 e. The van der Waals surface area contributed by atoms with Crippen molar-refractivity contribution >= 4 is 11.7 Å². The average Bonchev–Trinajstić information content (AvgIpc) is 2.30. The predicted octanol–water partition coefficient (Wildman–Crippen LogP) is -0.784. The van der Waals surface area contributed by atoms with Crippen molar-refractivity contribution in [2.75, 3.05) is 13.2 Å². The number of rotatable bonds is 0. The fourth-order valence-electron chi connectivity index (χ4n) is 1.27. The smallest absolute Gasteiger partial charge is 0.292 e. The maximum atomic E-state index is 11.0. The summed E-state index contributed by atoms with van der Waals surface area (Å²) in [6, 6.07) is 0. The van der Waals surface area contributed by atoms with Crippen molar-refractivity contribution in [3.05, 3.63) is 11.8 Å². The third kappa shape index (κ3) is 0.867. The minimum absolute atomic E-state index is 0.337. The van der Waals surface area contributed by atoms with Crippen LogP contribution in [-0.4, -0.2) is 24.9 Å². The van der Waals surface area contributed by atoms with Gasteiger partial charge in [0.05, 0.1) is 19.1 Å². The van der Waals surface area contributed by atoms with Gasteiger partial charge in [0.15, 0.2) is 0 Å². The fraction of sp³-hybridized carbons (Fsp3) is 0.429. The Kier molecular flexibility index (Phi) is 1.29. The van der Waals surface area contributed by atoms with Gasteiger partial charge in [-0.05, 0) is 6.08 Å². The van der Waals surface area contributed by atoms with E-state index in [2.05, 4.69) is 5.32 Å². The maximum Gasteiger partial charge on any atom is 0.292 e. The number of hydrogen-bond donors (Lipinski definition) is 1. The Morgan fingerprint density at radius 2 is 2.36 bits per heavy atom. The Bertz CT molecular complexity index is 256. The summed E-state index contributed by atoms with van der Waals surface area (Å²) in [5, 5.41) is 2.50. The van der Waals surface area contributed by atoms with Crippen molar-refractivity contribution in [2.24, 2.45) is 5.92 Å². The molecule has 0 bridgehead atoms. The molecule has 2 aliphatic heterocycles. The van der Waals surface area contributed by atoms with Crippen LogP contribution in [0.3, 0.4) is 0 Å². The van der Waals surface area contributed by atoms with Gasteiger partial charge in [-0.2, -0.15) is 0 Å². The number of nitrogens with one attached hydrogen (secondary N) is 1. The zero-order chi connectivity index (χ0) is 7.84. The molecule has 2 heterocycles. The normalized spacial score (nSPS) is 29.5. The first-order valence-corrected chi connectivity index (χ1v) is 3.42. The lowest BCUT2D eigenvalue weighted by atomic mass is 10.0. The Morgan fingerprint density at radius 1 is 1.55 bits per heavy atom. The van der Waals surface area contributed by atoms with Gasteiger partial charge in [-0.25, -0.2) is 0 Å². The van der Waals surface area contributed by atoms with Gasteiger partial charge in [-0.3, -0.25) is 9.59 Å². The SMILES string of the molecule is O=C1NC2=CCOCC2C1=O. The van der Waals surface area contributed by atoms with E-state index in [-0.39, 0.29) is 11.7 Å². The summed E-state index contributed by atoms with van der Waals surface area (Å²) < 4.78 is 5.01. The zero-order valence-corrected chi connectivity index (χ0v) is 5.79. The predicted molar refractivity (Wildman–Crippen MR) is 35.5 cm³/mol. The summed E-state index contributed by atoms with van der Waals surface area (Å²) in [6.07, 6.45) is 1.73. The fourth-order valence-corrected chi connectivity index (χ4v) is 1.27. The lowest BCUT2D eigenvalue weighted by molar-refractivity contribution is -0.137. The molecule has 1 fully saturated rings. The molecule has 2 aliphatic rings. The molecule has 2 rings (SSSR count). The second-order valence-corrected chi connectivity index (χ2v) is 2.57. The van der Waals surface area contributed by atoms with Crippen LogP contribution in [0.5, 0.6) is 0 Å². The molecule has 0 aromatic heterocycles. The van der Waals surface area contributed by atoms with Gasteiger partial charge in [-0.15, -0.1) is 0 Å². The highest BCUT2D eigenvalue weighted by Gasteiger charge is 2.37. The number of ether oxygens (including phenoxy) is 1. The van der Waals surface area contributed by atoms with Crippen LogP contribution in [0.1, 0.15) is 0 Å². The molecule has 0 radical (unpaired) electrons. The van der Waals surface area contributed by atoms with Gasteiger partial charge < -0.3 is 10.1 Å². The molecule has 1 unspecified atom stereocenters. The summed E-state index contributed by atoms with van der Waals surface area (Å²) in [5.74, 6) is -1.24. The standard InChI is InChI=1S/C7H7NO3/c9-6-4-3-11-2-1-5(4)8-7(6)10/h1,4H,2-3H2,(H,8,10). The van der Waals surface area contributed by atoms with E-state index >= 15 is 0 Å². The molecule has 58 valence electrons. The quantitative estimate of drug-likeness (QED) is 0.464. The van der Waals surface area contributed by atoms with Crippen molar-refractivity contribution in [2.45, 2.75) is 0 Å². The molecule has 0 aromatic carbocycles. The minimum atomic E-state index is -0.508.